The molecule has 4 heteroatoms. The summed E-state index contributed by atoms with van der Waals surface area (Å²) >= 11 is 0. The third-order valence-corrected chi connectivity index (χ3v) is 3.31. The lowest BCUT2D eigenvalue weighted by Gasteiger charge is -2.21. The Balaban J connectivity index is 2.10. The summed E-state index contributed by atoms with van der Waals surface area (Å²) in [5.41, 5.74) is 1.99. The van der Waals surface area contributed by atoms with Crippen LogP contribution in [0.1, 0.15) is 39.0 Å². The van der Waals surface area contributed by atoms with E-state index in [4.69, 9.17) is 5.11 Å². The molecule has 0 saturated heterocycles. The van der Waals surface area contributed by atoms with E-state index in [9.17, 15) is 9.59 Å². The third-order valence-electron chi connectivity index (χ3n) is 3.31. The average molecular weight is 223 g/mol. The van der Waals surface area contributed by atoms with Crippen molar-refractivity contribution >= 4 is 11.9 Å². The molecule has 0 aromatic heterocycles. The molecular formula is C12H17NO3. The summed E-state index contributed by atoms with van der Waals surface area (Å²) in [6, 6.07) is 0.171. The number of carbonyl (C=O) groups is 2. The number of amides is 1. The molecule has 0 heterocycles. The summed E-state index contributed by atoms with van der Waals surface area (Å²) in [5.74, 6) is -0.962. The molecule has 0 radical (unpaired) electrons. The highest BCUT2D eigenvalue weighted by atomic mass is 16.4. The highest BCUT2D eigenvalue weighted by Gasteiger charge is 2.35. The first-order valence-corrected chi connectivity index (χ1v) is 5.81. The molecule has 4 nitrogen and oxygen atoms in total. The Morgan fingerprint density at radius 2 is 2.06 bits per heavy atom. The summed E-state index contributed by atoms with van der Waals surface area (Å²) in [6.45, 7) is 1.83. The van der Waals surface area contributed by atoms with E-state index in [1.807, 2.05) is 6.92 Å². The minimum atomic E-state index is -0.920. The van der Waals surface area contributed by atoms with Crippen LogP contribution in [0.5, 0.6) is 0 Å². The number of allylic oxidation sites excluding steroid dienone is 1. The molecule has 0 atom stereocenters. The zero-order chi connectivity index (χ0) is 11.7. The van der Waals surface area contributed by atoms with E-state index in [0.717, 1.165) is 43.3 Å². The second-order valence-electron chi connectivity index (χ2n) is 4.67. The van der Waals surface area contributed by atoms with Crippen LogP contribution in [0.2, 0.25) is 0 Å². The SMILES string of the molecule is CC1=C(C(=O)N(CC(=O)O)C2CC2)CCC1. The van der Waals surface area contributed by atoms with Gasteiger partial charge < -0.3 is 10.0 Å². The molecule has 0 aliphatic heterocycles. The van der Waals surface area contributed by atoms with Crippen molar-refractivity contribution < 1.29 is 14.7 Å². The topological polar surface area (TPSA) is 57.6 Å². The van der Waals surface area contributed by atoms with Crippen LogP contribution in [0.15, 0.2) is 11.1 Å². The molecule has 88 valence electrons. The Labute approximate surface area is 94.9 Å². The summed E-state index contributed by atoms with van der Waals surface area (Å²) in [6.07, 6.45) is 4.72. The zero-order valence-corrected chi connectivity index (χ0v) is 9.53. The summed E-state index contributed by atoms with van der Waals surface area (Å²) in [4.78, 5) is 24.4. The minimum absolute atomic E-state index is 0.0418. The zero-order valence-electron chi connectivity index (χ0n) is 9.53. The second-order valence-corrected chi connectivity index (χ2v) is 4.67. The summed E-state index contributed by atoms with van der Waals surface area (Å²) in [7, 11) is 0. The third kappa shape index (κ3) is 2.26. The first kappa shape index (κ1) is 11.2. The number of aliphatic carboxylic acids is 1. The van der Waals surface area contributed by atoms with Gasteiger partial charge in [0.15, 0.2) is 0 Å². The lowest BCUT2D eigenvalue weighted by atomic mass is 10.1. The predicted molar refractivity (Wildman–Crippen MR) is 58.9 cm³/mol. The number of carboxylic acids is 1. The van der Waals surface area contributed by atoms with Gasteiger partial charge in [-0.15, -0.1) is 0 Å². The number of nitrogens with zero attached hydrogens (tertiary/aromatic N) is 1. The maximum Gasteiger partial charge on any atom is 0.323 e. The van der Waals surface area contributed by atoms with Gasteiger partial charge in [0.1, 0.15) is 6.54 Å². The Kier molecular flexibility index (Phi) is 2.99. The van der Waals surface area contributed by atoms with Crippen LogP contribution in [-0.2, 0) is 9.59 Å². The maximum atomic E-state index is 12.2. The second kappa shape index (κ2) is 4.28. The number of carboxylic acid groups (broad SMARTS) is 1. The van der Waals surface area contributed by atoms with Crippen LogP contribution < -0.4 is 0 Å². The van der Waals surface area contributed by atoms with Gasteiger partial charge in [-0.05, 0) is 39.0 Å². The van der Waals surface area contributed by atoms with Gasteiger partial charge in [-0.3, -0.25) is 9.59 Å². The molecule has 1 amide bonds. The van der Waals surface area contributed by atoms with Crippen LogP contribution in [0.25, 0.3) is 0 Å². The normalized spacial score (nSPS) is 20.1. The fourth-order valence-electron chi connectivity index (χ4n) is 2.26. The van der Waals surface area contributed by atoms with Gasteiger partial charge in [0.05, 0.1) is 0 Å². The Morgan fingerprint density at radius 1 is 1.38 bits per heavy atom. The van der Waals surface area contributed by atoms with Gasteiger partial charge in [0, 0.05) is 11.6 Å². The molecule has 2 rings (SSSR count). The minimum Gasteiger partial charge on any atom is -0.480 e. The van der Waals surface area contributed by atoms with E-state index >= 15 is 0 Å². The van der Waals surface area contributed by atoms with Crippen molar-refractivity contribution in [2.45, 2.75) is 45.1 Å². The van der Waals surface area contributed by atoms with E-state index in [1.165, 1.54) is 4.90 Å². The standard InChI is InChI=1S/C12H17NO3/c1-8-3-2-4-10(8)12(16)13(7-11(14)15)9-5-6-9/h9H,2-7H2,1H3,(H,14,15). The Bertz CT molecular complexity index is 355. The van der Waals surface area contributed by atoms with Crippen molar-refractivity contribution in [1.29, 1.82) is 0 Å². The van der Waals surface area contributed by atoms with Gasteiger partial charge in [0.25, 0.3) is 0 Å². The number of hydrogen-bond donors (Lipinski definition) is 1. The van der Waals surface area contributed by atoms with E-state index in [0.29, 0.717) is 0 Å². The Morgan fingerprint density at radius 3 is 2.50 bits per heavy atom. The van der Waals surface area contributed by atoms with Crippen LogP contribution in [0.3, 0.4) is 0 Å². The molecule has 2 aliphatic carbocycles. The predicted octanol–water partition coefficient (Wildman–Crippen LogP) is 1.56. The van der Waals surface area contributed by atoms with Gasteiger partial charge >= 0.3 is 5.97 Å². The largest absolute Gasteiger partial charge is 0.480 e. The van der Waals surface area contributed by atoms with E-state index in [2.05, 4.69) is 0 Å². The molecule has 1 fully saturated rings. The molecule has 2 aliphatic rings. The lowest BCUT2D eigenvalue weighted by molar-refractivity contribution is -0.143. The molecular weight excluding hydrogens is 206 g/mol. The monoisotopic (exact) mass is 223 g/mol. The summed E-state index contributed by atoms with van der Waals surface area (Å²) in [5, 5.41) is 8.81. The van der Waals surface area contributed by atoms with Crippen LogP contribution in [0, 0.1) is 0 Å². The molecule has 0 unspecified atom stereocenters. The highest BCUT2D eigenvalue weighted by Crippen LogP contribution is 2.32. The van der Waals surface area contributed by atoms with Crippen molar-refractivity contribution in [2.75, 3.05) is 6.54 Å². The molecule has 0 aromatic carbocycles. The van der Waals surface area contributed by atoms with Crippen LogP contribution in [-0.4, -0.2) is 34.5 Å². The van der Waals surface area contributed by atoms with Crippen LogP contribution >= 0.6 is 0 Å². The van der Waals surface area contributed by atoms with Crippen molar-refractivity contribution in [1.82, 2.24) is 4.90 Å². The first-order valence-electron chi connectivity index (χ1n) is 5.81. The van der Waals surface area contributed by atoms with E-state index < -0.39 is 5.97 Å². The lowest BCUT2D eigenvalue weighted by Crippen LogP contribution is -2.38. The molecule has 0 bridgehead atoms. The summed E-state index contributed by atoms with van der Waals surface area (Å²) < 4.78 is 0. The molecule has 0 aromatic rings. The molecule has 1 saturated carbocycles. The average Bonchev–Trinajstić information content (AvgIpc) is 2.97. The van der Waals surface area contributed by atoms with Crippen molar-refractivity contribution in [3.63, 3.8) is 0 Å². The number of hydrogen-bond acceptors (Lipinski definition) is 2. The van der Waals surface area contributed by atoms with Crippen molar-refractivity contribution in [2.24, 2.45) is 0 Å². The highest BCUT2D eigenvalue weighted by molar-refractivity contribution is 5.96. The van der Waals surface area contributed by atoms with E-state index in [1.54, 1.807) is 0 Å². The van der Waals surface area contributed by atoms with Crippen molar-refractivity contribution in [3.8, 4) is 0 Å². The van der Waals surface area contributed by atoms with Crippen LogP contribution in [0.4, 0.5) is 0 Å². The molecule has 0 spiro atoms. The van der Waals surface area contributed by atoms with Gasteiger partial charge in [-0.1, -0.05) is 5.57 Å². The maximum absolute atomic E-state index is 12.2. The van der Waals surface area contributed by atoms with Crippen molar-refractivity contribution in [3.05, 3.63) is 11.1 Å². The van der Waals surface area contributed by atoms with Gasteiger partial charge in [-0.2, -0.15) is 0 Å². The first-order chi connectivity index (χ1) is 7.59. The van der Waals surface area contributed by atoms with E-state index in [-0.39, 0.29) is 18.5 Å². The number of rotatable bonds is 4. The quantitative estimate of drug-likeness (QED) is 0.787. The molecule has 16 heavy (non-hydrogen) atoms. The fourth-order valence-corrected chi connectivity index (χ4v) is 2.26. The fraction of sp³-hybridized carbons (Fsp3) is 0.667. The Hall–Kier alpha value is -1.32. The molecule has 1 N–H and O–H groups in total. The smallest absolute Gasteiger partial charge is 0.323 e. The number of carbonyl (C=O) groups excluding carboxylic acids is 1. The van der Waals surface area contributed by atoms with Gasteiger partial charge in [0.2, 0.25) is 5.91 Å². The van der Waals surface area contributed by atoms with Gasteiger partial charge in [-0.25, -0.2) is 0 Å².